The number of ether oxygens (including phenoxy) is 1. The zero-order chi connectivity index (χ0) is 22.7. The van der Waals surface area contributed by atoms with Gasteiger partial charge in [0.15, 0.2) is 0 Å². The minimum absolute atomic E-state index is 0.232. The number of rotatable bonds is 7. The third-order valence-corrected chi connectivity index (χ3v) is 7.78. The van der Waals surface area contributed by atoms with Gasteiger partial charge in [0.05, 0.1) is 7.11 Å². The average Bonchev–Trinajstić information content (AvgIpc) is 3.29. The Bertz CT molecular complexity index is 1170. The van der Waals surface area contributed by atoms with Gasteiger partial charge in [-0.3, -0.25) is 0 Å². The van der Waals surface area contributed by atoms with E-state index in [1.165, 1.54) is 11.4 Å². The molecule has 3 aromatic rings. The number of methoxy groups -OCH3 is 1. The lowest BCUT2D eigenvalue weighted by Gasteiger charge is -2.34. The van der Waals surface area contributed by atoms with Crippen molar-refractivity contribution in [3.8, 4) is 17.2 Å². The Morgan fingerprint density at radius 1 is 1.00 bits per heavy atom. The molecule has 4 rings (SSSR count). The van der Waals surface area contributed by atoms with Gasteiger partial charge in [-0.2, -0.15) is 4.31 Å². The molecule has 1 saturated heterocycles. The Hall–Kier alpha value is -2.75. The number of hydrogen-bond donors (Lipinski definition) is 0. The Balaban J connectivity index is 1.35. The highest BCUT2D eigenvalue weighted by Crippen LogP contribution is 2.30. The van der Waals surface area contributed by atoms with Crippen LogP contribution in [0.4, 0.5) is 0 Å². The summed E-state index contributed by atoms with van der Waals surface area (Å²) in [5.74, 6) is 1.48. The van der Waals surface area contributed by atoms with E-state index in [2.05, 4.69) is 15.1 Å². The van der Waals surface area contributed by atoms with Gasteiger partial charge in [0.2, 0.25) is 21.8 Å². The summed E-state index contributed by atoms with van der Waals surface area (Å²) in [6.45, 7) is 6.73. The van der Waals surface area contributed by atoms with Gasteiger partial charge in [-0.1, -0.05) is 18.2 Å². The normalized spacial score (nSPS) is 15.7. The zero-order valence-corrected chi connectivity index (χ0v) is 19.4. The van der Waals surface area contributed by atoms with Crippen LogP contribution in [0.3, 0.4) is 0 Å². The minimum Gasteiger partial charge on any atom is -0.495 e. The molecular formula is C23H28N4O4S. The first-order valence-electron chi connectivity index (χ1n) is 10.6. The van der Waals surface area contributed by atoms with Crippen molar-refractivity contribution in [2.75, 3.05) is 39.8 Å². The van der Waals surface area contributed by atoms with Crippen LogP contribution in [0.25, 0.3) is 11.5 Å². The second-order valence-electron chi connectivity index (χ2n) is 7.95. The molecule has 0 bridgehead atoms. The highest BCUT2D eigenvalue weighted by Gasteiger charge is 2.31. The number of aromatic nitrogens is 2. The molecule has 0 radical (unpaired) electrons. The van der Waals surface area contributed by atoms with Crippen LogP contribution in [0.2, 0.25) is 0 Å². The predicted molar refractivity (Wildman–Crippen MR) is 121 cm³/mol. The van der Waals surface area contributed by atoms with Gasteiger partial charge < -0.3 is 14.1 Å². The summed E-state index contributed by atoms with van der Waals surface area (Å²) in [5.41, 5.74) is 2.83. The van der Waals surface area contributed by atoms with Crippen LogP contribution in [0.15, 0.2) is 51.8 Å². The van der Waals surface area contributed by atoms with Gasteiger partial charge in [-0.25, -0.2) is 8.42 Å². The van der Waals surface area contributed by atoms with Gasteiger partial charge >= 0.3 is 0 Å². The van der Waals surface area contributed by atoms with Crippen molar-refractivity contribution >= 4 is 10.0 Å². The zero-order valence-electron chi connectivity index (χ0n) is 18.6. The molecule has 0 aliphatic carbocycles. The molecular weight excluding hydrogens is 428 g/mol. The van der Waals surface area contributed by atoms with Crippen LogP contribution in [-0.4, -0.2) is 67.7 Å². The Morgan fingerprint density at radius 2 is 1.69 bits per heavy atom. The highest BCUT2D eigenvalue weighted by atomic mass is 32.2. The van der Waals surface area contributed by atoms with E-state index < -0.39 is 10.0 Å². The second-order valence-corrected chi connectivity index (χ2v) is 9.86. The van der Waals surface area contributed by atoms with Crippen molar-refractivity contribution in [2.24, 2.45) is 0 Å². The number of nitrogens with zero attached hydrogens (tertiary/aromatic N) is 4. The fraction of sp³-hybridized carbons (Fsp3) is 0.391. The number of hydrogen-bond acceptors (Lipinski definition) is 7. The topological polar surface area (TPSA) is 88.8 Å². The molecule has 2 aromatic carbocycles. The van der Waals surface area contributed by atoms with Gasteiger partial charge in [0, 0.05) is 44.7 Å². The summed E-state index contributed by atoms with van der Waals surface area (Å²) in [6, 6.07) is 13.2. The van der Waals surface area contributed by atoms with Crippen LogP contribution in [-0.2, 0) is 16.4 Å². The molecule has 0 atom stereocenters. The first kappa shape index (κ1) is 22.4. The number of sulfonamides is 1. The SMILES string of the molecule is COc1cc(C)c(C)cc1S(=O)(=O)N1CCN(CCc2nnc(-c3ccccc3)o2)CC1. The van der Waals surface area contributed by atoms with Gasteiger partial charge in [-0.15, -0.1) is 10.2 Å². The molecule has 0 N–H and O–H groups in total. The molecule has 1 aromatic heterocycles. The molecule has 0 spiro atoms. The predicted octanol–water partition coefficient (Wildman–Crippen LogP) is 2.91. The van der Waals surface area contributed by atoms with Crippen LogP contribution in [0.5, 0.6) is 5.75 Å². The van der Waals surface area contributed by atoms with Crippen molar-refractivity contribution < 1.29 is 17.6 Å². The number of aryl methyl sites for hydroxylation is 2. The molecule has 9 heteroatoms. The molecule has 1 aliphatic rings. The molecule has 0 saturated carbocycles. The van der Waals surface area contributed by atoms with Crippen LogP contribution >= 0.6 is 0 Å². The quantitative estimate of drug-likeness (QED) is 0.540. The van der Waals surface area contributed by atoms with Crippen molar-refractivity contribution in [1.29, 1.82) is 0 Å². The van der Waals surface area contributed by atoms with E-state index in [4.69, 9.17) is 9.15 Å². The monoisotopic (exact) mass is 456 g/mol. The van der Waals surface area contributed by atoms with E-state index in [9.17, 15) is 8.42 Å². The molecule has 0 amide bonds. The van der Waals surface area contributed by atoms with Gasteiger partial charge in [-0.05, 0) is 49.2 Å². The molecule has 1 aliphatic heterocycles. The average molecular weight is 457 g/mol. The maximum atomic E-state index is 13.2. The molecule has 1 fully saturated rings. The molecule has 170 valence electrons. The summed E-state index contributed by atoms with van der Waals surface area (Å²) < 4.78 is 39.2. The van der Waals surface area contributed by atoms with E-state index in [0.29, 0.717) is 50.1 Å². The summed E-state index contributed by atoms with van der Waals surface area (Å²) in [5, 5.41) is 8.26. The van der Waals surface area contributed by atoms with Crippen molar-refractivity contribution in [3.63, 3.8) is 0 Å². The minimum atomic E-state index is -3.62. The fourth-order valence-electron chi connectivity index (χ4n) is 3.76. The van der Waals surface area contributed by atoms with E-state index in [1.807, 2.05) is 44.2 Å². The maximum Gasteiger partial charge on any atom is 0.247 e. The number of piperazine rings is 1. The Labute approximate surface area is 188 Å². The van der Waals surface area contributed by atoms with E-state index in [1.54, 1.807) is 12.1 Å². The molecule has 8 nitrogen and oxygen atoms in total. The molecule has 2 heterocycles. The summed E-state index contributed by atoms with van der Waals surface area (Å²) in [6.07, 6.45) is 0.623. The lowest BCUT2D eigenvalue weighted by atomic mass is 10.1. The molecule has 32 heavy (non-hydrogen) atoms. The fourth-order valence-corrected chi connectivity index (χ4v) is 5.41. The lowest BCUT2D eigenvalue weighted by molar-refractivity contribution is 0.186. The van der Waals surface area contributed by atoms with Gasteiger partial charge in [0.1, 0.15) is 10.6 Å². The largest absolute Gasteiger partial charge is 0.495 e. The summed E-state index contributed by atoms with van der Waals surface area (Å²) in [4.78, 5) is 2.45. The van der Waals surface area contributed by atoms with Crippen LogP contribution < -0.4 is 4.74 Å². The Morgan fingerprint density at radius 3 is 2.38 bits per heavy atom. The third kappa shape index (κ3) is 4.69. The first-order valence-corrected chi connectivity index (χ1v) is 12.1. The third-order valence-electron chi connectivity index (χ3n) is 5.86. The number of benzene rings is 2. The summed E-state index contributed by atoms with van der Waals surface area (Å²) in [7, 11) is -2.12. The smallest absolute Gasteiger partial charge is 0.247 e. The van der Waals surface area contributed by atoms with Crippen LogP contribution in [0, 0.1) is 13.8 Å². The highest BCUT2D eigenvalue weighted by molar-refractivity contribution is 7.89. The molecule has 0 unspecified atom stereocenters. The van der Waals surface area contributed by atoms with Crippen molar-refractivity contribution in [1.82, 2.24) is 19.4 Å². The van der Waals surface area contributed by atoms with Crippen molar-refractivity contribution in [3.05, 3.63) is 59.5 Å². The van der Waals surface area contributed by atoms with E-state index in [-0.39, 0.29) is 4.90 Å². The van der Waals surface area contributed by atoms with E-state index >= 15 is 0 Å². The Kier molecular flexibility index (Phi) is 6.59. The second kappa shape index (κ2) is 9.40. The van der Waals surface area contributed by atoms with Crippen LogP contribution in [0.1, 0.15) is 17.0 Å². The maximum absolute atomic E-state index is 13.2. The van der Waals surface area contributed by atoms with Gasteiger partial charge in [0.25, 0.3) is 0 Å². The van der Waals surface area contributed by atoms with Crippen molar-refractivity contribution in [2.45, 2.75) is 25.2 Å². The van der Waals surface area contributed by atoms with E-state index in [0.717, 1.165) is 23.2 Å². The lowest BCUT2D eigenvalue weighted by Crippen LogP contribution is -2.49. The first-order chi connectivity index (χ1) is 15.4. The standard InChI is InChI=1S/C23H28N4O4S/c1-17-15-20(30-3)21(16-18(17)2)32(28,29)27-13-11-26(12-14-27)10-9-22-24-25-23(31-22)19-7-5-4-6-8-19/h4-8,15-16H,9-14H2,1-3H3. The summed E-state index contributed by atoms with van der Waals surface area (Å²) >= 11 is 0.